The lowest BCUT2D eigenvalue weighted by molar-refractivity contribution is -0.385. The third-order valence-corrected chi connectivity index (χ3v) is 2.26. The van der Waals surface area contributed by atoms with E-state index < -0.39 is 10.9 Å². The Morgan fingerprint density at radius 1 is 1.35 bits per heavy atom. The lowest BCUT2D eigenvalue weighted by Gasteiger charge is -2.08. The highest BCUT2D eigenvalue weighted by Gasteiger charge is 2.15. The van der Waals surface area contributed by atoms with Gasteiger partial charge in [-0.1, -0.05) is 0 Å². The Morgan fingerprint density at radius 3 is 2.53 bits per heavy atom. The zero-order chi connectivity index (χ0) is 13.0. The number of esters is 1. The number of methoxy groups -OCH3 is 1. The summed E-state index contributed by atoms with van der Waals surface area (Å²) in [6.07, 6.45) is 0. The van der Waals surface area contributed by atoms with Crippen molar-refractivity contribution in [2.75, 3.05) is 13.7 Å². The molecular formula is C11H13NO5. The number of nitrogens with zero attached hydrogens (tertiary/aromatic N) is 1. The first kappa shape index (κ1) is 13.0. The van der Waals surface area contributed by atoms with Crippen molar-refractivity contribution in [2.45, 2.75) is 13.8 Å². The minimum absolute atomic E-state index is 0.0320. The van der Waals surface area contributed by atoms with Crippen LogP contribution in [0.2, 0.25) is 0 Å². The van der Waals surface area contributed by atoms with Gasteiger partial charge in [0.25, 0.3) is 5.69 Å². The number of ether oxygens (including phenoxy) is 2. The van der Waals surface area contributed by atoms with Crippen molar-refractivity contribution in [2.24, 2.45) is 0 Å². The second-order valence-corrected chi connectivity index (χ2v) is 3.53. The molecular weight excluding hydrogens is 226 g/mol. The van der Waals surface area contributed by atoms with Crippen molar-refractivity contribution in [3.63, 3.8) is 0 Å². The number of nitro groups is 1. The fraction of sp³-hybridized carbons (Fsp3) is 0.364. The van der Waals surface area contributed by atoms with Crippen LogP contribution in [-0.2, 0) is 9.53 Å². The molecule has 0 bridgehead atoms. The average Bonchev–Trinajstić information content (AvgIpc) is 2.26. The Labute approximate surface area is 98.3 Å². The van der Waals surface area contributed by atoms with E-state index in [1.165, 1.54) is 13.2 Å². The molecule has 17 heavy (non-hydrogen) atoms. The third kappa shape index (κ3) is 3.17. The number of hydrogen-bond donors (Lipinski definition) is 0. The molecule has 0 aromatic heterocycles. The van der Waals surface area contributed by atoms with E-state index in [4.69, 9.17) is 4.74 Å². The van der Waals surface area contributed by atoms with Gasteiger partial charge in [0.2, 0.25) is 0 Å². The Morgan fingerprint density at radius 2 is 2.00 bits per heavy atom. The average molecular weight is 239 g/mol. The molecule has 0 amide bonds. The summed E-state index contributed by atoms with van der Waals surface area (Å²) >= 11 is 0. The monoisotopic (exact) mass is 239 g/mol. The molecule has 0 aliphatic heterocycles. The summed E-state index contributed by atoms with van der Waals surface area (Å²) in [6, 6.07) is 2.96. The number of aryl methyl sites for hydroxylation is 2. The van der Waals surface area contributed by atoms with Crippen LogP contribution in [-0.4, -0.2) is 24.6 Å². The van der Waals surface area contributed by atoms with Gasteiger partial charge in [0.15, 0.2) is 6.61 Å². The Hall–Kier alpha value is -2.11. The molecule has 0 saturated heterocycles. The highest BCUT2D eigenvalue weighted by Crippen LogP contribution is 2.27. The van der Waals surface area contributed by atoms with Crippen LogP contribution in [0.5, 0.6) is 5.75 Å². The summed E-state index contributed by atoms with van der Waals surface area (Å²) in [6.45, 7) is 3.14. The summed E-state index contributed by atoms with van der Waals surface area (Å²) in [4.78, 5) is 21.2. The molecule has 0 aliphatic carbocycles. The van der Waals surface area contributed by atoms with E-state index in [1.807, 2.05) is 0 Å². The van der Waals surface area contributed by atoms with E-state index in [0.29, 0.717) is 11.3 Å². The fourth-order valence-electron chi connectivity index (χ4n) is 1.37. The van der Waals surface area contributed by atoms with Crippen molar-refractivity contribution >= 4 is 11.7 Å². The van der Waals surface area contributed by atoms with E-state index in [-0.39, 0.29) is 12.3 Å². The molecule has 0 fully saturated rings. The van der Waals surface area contributed by atoms with Crippen LogP contribution in [0.4, 0.5) is 5.69 Å². The lowest BCUT2D eigenvalue weighted by atomic mass is 10.1. The van der Waals surface area contributed by atoms with E-state index in [0.717, 1.165) is 5.56 Å². The number of carbonyl (C=O) groups excluding carboxylic acids is 1. The van der Waals surface area contributed by atoms with Gasteiger partial charge in [-0.3, -0.25) is 10.1 Å². The van der Waals surface area contributed by atoms with Crippen LogP contribution in [0.3, 0.4) is 0 Å². The topological polar surface area (TPSA) is 78.7 Å². The van der Waals surface area contributed by atoms with Crippen molar-refractivity contribution in [3.8, 4) is 5.75 Å². The molecule has 6 nitrogen and oxygen atoms in total. The van der Waals surface area contributed by atoms with Crippen LogP contribution in [0.1, 0.15) is 11.1 Å². The summed E-state index contributed by atoms with van der Waals surface area (Å²) in [5.74, 6) is -0.222. The SMILES string of the molecule is COC(=O)COc1cc([N+](=O)[O-])c(C)cc1C. The molecule has 1 aromatic carbocycles. The van der Waals surface area contributed by atoms with Gasteiger partial charge in [0.05, 0.1) is 18.1 Å². The molecule has 0 aliphatic rings. The van der Waals surface area contributed by atoms with Gasteiger partial charge in [-0.25, -0.2) is 4.79 Å². The van der Waals surface area contributed by atoms with Gasteiger partial charge in [0.1, 0.15) is 5.75 Å². The molecule has 1 aromatic rings. The molecule has 6 heteroatoms. The molecule has 0 unspecified atom stereocenters. The second kappa shape index (κ2) is 5.29. The molecule has 0 N–H and O–H groups in total. The van der Waals surface area contributed by atoms with Crippen molar-refractivity contribution in [1.29, 1.82) is 0 Å². The molecule has 0 heterocycles. The first-order chi connectivity index (χ1) is 7.95. The minimum Gasteiger partial charge on any atom is -0.481 e. The van der Waals surface area contributed by atoms with E-state index in [2.05, 4.69) is 4.74 Å². The summed E-state index contributed by atoms with van der Waals surface area (Å²) in [7, 11) is 1.25. The normalized spacial score (nSPS) is 9.82. The van der Waals surface area contributed by atoms with Crippen LogP contribution in [0, 0.1) is 24.0 Å². The van der Waals surface area contributed by atoms with Crippen molar-refractivity contribution in [3.05, 3.63) is 33.4 Å². The van der Waals surface area contributed by atoms with E-state index in [9.17, 15) is 14.9 Å². The lowest BCUT2D eigenvalue weighted by Crippen LogP contribution is -2.13. The third-order valence-electron chi connectivity index (χ3n) is 2.26. The van der Waals surface area contributed by atoms with Crippen molar-refractivity contribution in [1.82, 2.24) is 0 Å². The van der Waals surface area contributed by atoms with Crippen molar-refractivity contribution < 1.29 is 19.2 Å². The van der Waals surface area contributed by atoms with Crippen LogP contribution < -0.4 is 4.74 Å². The van der Waals surface area contributed by atoms with Gasteiger partial charge in [0, 0.05) is 5.56 Å². The standard InChI is InChI=1S/C11H13NO5/c1-7-4-8(2)10(5-9(7)12(14)15)17-6-11(13)16-3/h4-5H,6H2,1-3H3. The minimum atomic E-state index is -0.535. The smallest absolute Gasteiger partial charge is 0.343 e. The summed E-state index contributed by atoms with van der Waals surface area (Å²) in [5.41, 5.74) is 1.25. The maximum absolute atomic E-state index is 10.9. The molecule has 0 radical (unpaired) electrons. The highest BCUT2D eigenvalue weighted by atomic mass is 16.6. The summed E-state index contributed by atoms with van der Waals surface area (Å²) < 4.78 is 9.57. The largest absolute Gasteiger partial charge is 0.481 e. The number of nitro benzene ring substituents is 1. The molecule has 1 rings (SSSR count). The number of hydrogen-bond acceptors (Lipinski definition) is 5. The number of rotatable bonds is 4. The number of carbonyl (C=O) groups is 1. The molecule has 0 saturated carbocycles. The first-order valence-corrected chi connectivity index (χ1v) is 4.91. The first-order valence-electron chi connectivity index (χ1n) is 4.91. The molecule has 0 atom stereocenters. The Balaban J connectivity index is 2.96. The Kier molecular flexibility index (Phi) is 4.03. The highest BCUT2D eigenvalue weighted by molar-refractivity contribution is 5.71. The van der Waals surface area contributed by atoms with Crippen LogP contribution >= 0.6 is 0 Å². The molecule has 0 spiro atoms. The predicted molar refractivity (Wildman–Crippen MR) is 60.1 cm³/mol. The quantitative estimate of drug-likeness (QED) is 0.454. The number of benzene rings is 1. The zero-order valence-electron chi connectivity index (χ0n) is 9.85. The maximum atomic E-state index is 10.9. The van der Waals surface area contributed by atoms with Gasteiger partial charge >= 0.3 is 5.97 Å². The second-order valence-electron chi connectivity index (χ2n) is 3.53. The van der Waals surface area contributed by atoms with Gasteiger partial charge < -0.3 is 9.47 Å². The molecule has 92 valence electrons. The van der Waals surface area contributed by atoms with Crippen LogP contribution in [0.15, 0.2) is 12.1 Å². The summed E-state index contributed by atoms with van der Waals surface area (Å²) in [5, 5.41) is 10.7. The van der Waals surface area contributed by atoms with Gasteiger partial charge in [-0.05, 0) is 25.5 Å². The van der Waals surface area contributed by atoms with E-state index >= 15 is 0 Å². The maximum Gasteiger partial charge on any atom is 0.343 e. The van der Waals surface area contributed by atoms with Gasteiger partial charge in [-0.15, -0.1) is 0 Å². The zero-order valence-corrected chi connectivity index (χ0v) is 9.85. The van der Waals surface area contributed by atoms with Gasteiger partial charge in [-0.2, -0.15) is 0 Å². The fourth-order valence-corrected chi connectivity index (χ4v) is 1.37. The van der Waals surface area contributed by atoms with Crippen LogP contribution in [0.25, 0.3) is 0 Å². The van der Waals surface area contributed by atoms with E-state index in [1.54, 1.807) is 19.9 Å². The predicted octanol–water partition coefficient (Wildman–Crippen LogP) is 1.76. The Bertz CT molecular complexity index is 455.